The number of carbonyl (C=O) groups is 1. The molecule has 1 N–H and O–H groups in total. The van der Waals surface area contributed by atoms with Crippen molar-refractivity contribution in [1.82, 2.24) is 19.6 Å². The third kappa shape index (κ3) is 3.14. The number of rotatable bonds is 3. The Morgan fingerprint density at radius 3 is 2.71 bits per heavy atom. The summed E-state index contributed by atoms with van der Waals surface area (Å²) in [7, 11) is 0. The number of carbonyl (C=O) groups excluding carboxylic acids is 1. The minimum Gasteiger partial charge on any atom is -0.323 e. The largest absolute Gasteiger partial charge is 0.323 e. The standard InChI is InChI=1S/C18H23N5O/c24-18(22-11-8-17(14-22)21-9-4-5-10-21)20-15-12-19-23(13-15)16-6-2-1-3-7-16/h1-3,6-7,12-13,17H,4-5,8-11,14H2,(H,20,24). The van der Waals surface area contributed by atoms with Gasteiger partial charge in [-0.25, -0.2) is 9.48 Å². The van der Waals surface area contributed by atoms with Crippen molar-refractivity contribution in [1.29, 1.82) is 0 Å². The van der Waals surface area contributed by atoms with Gasteiger partial charge in [0.15, 0.2) is 0 Å². The van der Waals surface area contributed by atoms with E-state index in [4.69, 9.17) is 0 Å². The molecule has 6 heteroatoms. The average molecular weight is 325 g/mol. The molecule has 2 aliphatic rings. The van der Waals surface area contributed by atoms with Gasteiger partial charge in [0.1, 0.15) is 0 Å². The molecule has 1 atom stereocenters. The fourth-order valence-corrected chi connectivity index (χ4v) is 3.64. The highest BCUT2D eigenvalue weighted by molar-refractivity contribution is 5.89. The highest BCUT2D eigenvalue weighted by Crippen LogP contribution is 2.21. The molecular formula is C18H23N5O. The van der Waals surface area contributed by atoms with E-state index >= 15 is 0 Å². The van der Waals surface area contributed by atoms with Gasteiger partial charge in [-0.1, -0.05) is 18.2 Å². The van der Waals surface area contributed by atoms with Gasteiger partial charge in [0.05, 0.1) is 23.8 Å². The summed E-state index contributed by atoms with van der Waals surface area (Å²) >= 11 is 0. The summed E-state index contributed by atoms with van der Waals surface area (Å²) in [5.41, 5.74) is 1.71. The van der Waals surface area contributed by atoms with Crippen LogP contribution in [0.5, 0.6) is 0 Å². The SMILES string of the molecule is O=C(Nc1cnn(-c2ccccc2)c1)N1CCC(N2CCCC2)C1. The number of aromatic nitrogens is 2. The van der Waals surface area contributed by atoms with Crippen LogP contribution in [-0.4, -0.2) is 57.8 Å². The van der Waals surface area contributed by atoms with E-state index in [1.165, 1.54) is 25.9 Å². The van der Waals surface area contributed by atoms with Gasteiger partial charge in [-0.2, -0.15) is 5.10 Å². The number of hydrogen-bond donors (Lipinski definition) is 1. The zero-order valence-corrected chi connectivity index (χ0v) is 13.8. The Hall–Kier alpha value is -2.34. The maximum atomic E-state index is 12.5. The zero-order valence-electron chi connectivity index (χ0n) is 13.8. The first-order valence-corrected chi connectivity index (χ1v) is 8.70. The maximum absolute atomic E-state index is 12.5. The Bertz CT molecular complexity index is 692. The summed E-state index contributed by atoms with van der Waals surface area (Å²) in [6.45, 7) is 4.03. The van der Waals surface area contributed by atoms with E-state index in [0.717, 1.165) is 30.9 Å². The maximum Gasteiger partial charge on any atom is 0.321 e. The molecule has 2 fully saturated rings. The molecular weight excluding hydrogens is 302 g/mol. The van der Waals surface area contributed by atoms with E-state index in [-0.39, 0.29) is 6.03 Å². The van der Waals surface area contributed by atoms with Gasteiger partial charge >= 0.3 is 6.03 Å². The van der Waals surface area contributed by atoms with Crippen LogP contribution in [0.15, 0.2) is 42.7 Å². The minimum atomic E-state index is -0.0238. The van der Waals surface area contributed by atoms with Gasteiger partial charge in [0.25, 0.3) is 0 Å². The molecule has 2 amide bonds. The second-order valence-corrected chi connectivity index (χ2v) is 6.57. The number of benzene rings is 1. The number of urea groups is 1. The molecule has 3 heterocycles. The molecule has 0 aliphatic carbocycles. The van der Waals surface area contributed by atoms with Gasteiger partial charge < -0.3 is 10.2 Å². The number of amides is 2. The lowest BCUT2D eigenvalue weighted by atomic mass is 10.2. The molecule has 4 rings (SSSR count). The molecule has 24 heavy (non-hydrogen) atoms. The first kappa shape index (κ1) is 15.2. The van der Waals surface area contributed by atoms with Crippen LogP contribution in [0, 0.1) is 0 Å². The number of hydrogen-bond acceptors (Lipinski definition) is 3. The van der Waals surface area contributed by atoms with Gasteiger partial charge in [-0.3, -0.25) is 4.90 Å². The average Bonchev–Trinajstić information content (AvgIpc) is 3.36. The van der Waals surface area contributed by atoms with Crippen LogP contribution >= 0.6 is 0 Å². The molecule has 0 saturated carbocycles. The summed E-state index contributed by atoms with van der Waals surface area (Å²) in [5.74, 6) is 0. The van der Waals surface area contributed by atoms with Crippen LogP contribution in [0.25, 0.3) is 5.69 Å². The highest BCUT2D eigenvalue weighted by Gasteiger charge is 2.31. The second-order valence-electron chi connectivity index (χ2n) is 6.57. The van der Waals surface area contributed by atoms with Crippen molar-refractivity contribution in [3.63, 3.8) is 0 Å². The smallest absolute Gasteiger partial charge is 0.321 e. The Kier molecular flexibility index (Phi) is 4.21. The molecule has 126 valence electrons. The molecule has 0 spiro atoms. The Morgan fingerprint density at radius 1 is 1.12 bits per heavy atom. The second kappa shape index (κ2) is 6.65. The minimum absolute atomic E-state index is 0.0238. The highest BCUT2D eigenvalue weighted by atomic mass is 16.2. The molecule has 2 aromatic rings. The van der Waals surface area contributed by atoms with E-state index < -0.39 is 0 Å². The topological polar surface area (TPSA) is 53.4 Å². The van der Waals surface area contributed by atoms with Gasteiger partial charge in [0.2, 0.25) is 0 Å². The van der Waals surface area contributed by atoms with Crippen LogP contribution in [0.3, 0.4) is 0 Å². The van der Waals surface area contributed by atoms with Crippen molar-refractivity contribution >= 4 is 11.7 Å². The van der Waals surface area contributed by atoms with E-state index in [0.29, 0.717) is 6.04 Å². The fourth-order valence-electron chi connectivity index (χ4n) is 3.64. The van der Waals surface area contributed by atoms with E-state index in [2.05, 4.69) is 15.3 Å². The first-order valence-electron chi connectivity index (χ1n) is 8.70. The van der Waals surface area contributed by atoms with Crippen LogP contribution < -0.4 is 5.32 Å². The number of nitrogens with one attached hydrogen (secondary N) is 1. The van der Waals surface area contributed by atoms with Crippen LogP contribution in [0.4, 0.5) is 10.5 Å². The normalized spacial score (nSPS) is 21.3. The van der Waals surface area contributed by atoms with E-state index in [1.54, 1.807) is 10.9 Å². The van der Waals surface area contributed by atoms with Crippen LogP contribution in [0.2, 0.25) is 0 Å². The van der Waals surface area contributed by atoms with Crippen molar-refractivity contribution in [3.8, 4) is 5.69 Å². The first-order chi connectivity index (χ1) is 11.8. The molecule has 1 unspecified atom stereocenters. The van der Waals surface area contributed by atoms with Gasteiger partial charge in [-0.05, 0) is 44.5 Å². The number of para-hydroxylation sites is 1. The summed E-state index contributed by atoms with van der Waals surface area (Å²) in [6.07, 6.45) is 7.21. The molecule has 1 aromatic carbocycles. The summed E-state index contributed by atoms with van der Waals surface area (Å²) in [6, 6.07) is 10.4. The lowest BCUT2D eigenvalue weighted by Crippen LogP contribution is -2.38. The van der Waals surface area contributed by atoms with Crippen molar-refractivity contribution in [3.05, 3.63) is 42.7 Å². The Balaban J connectivity index is 1.36. The molecule has 6 nitrogen and oxygen atoms in total. The quantitative estimate of drug-likeness (QED) is 0.944. The Morgan fingerprint density at radius 2 is 1.92 bits per heavy atom. The van der Waals surface area contributed by atoms with Crippen molar-refractivity contribution in [2.45, 2.75) is 25.3 Å². The molecule has 1 aromatic heterocycles. The summed E-state index contributed by atoms with van der Waals surface area (Å²) in [5, 5.41) is 7.29. The molecule has 2 saturated heterocycles. The van der Waals surface area contributed by atoms with Gasteiger partial charge in [-0.15, -0.1) is 0 Å². The van der Waals surface area contributed by atoms with Crippen molar-refractivity contribution in [2.24, 2.45) is 0 Å². The number of likely N-dealkylation sites (tertiary alicyclic amines) is 2. The molecule has 0 bridgehead atoms. The predicted octanol–water partition coefficient (Wildman–Crippen LogP) is 2.57. The number of anilines is 1. The number of nitrogens with zero attached hydrogens (tertiary/aromatic N) is 4. The van der Waals surface area contributed by atoms with Crippen molar-refractivity contribution in [2.75, 3.05) is 31.5 Å². The van der Waals surface area contributed by atoms with E-state index in [9.17, 15) is 4.79 Å². The predicted molar refractivity (Wildman–Crippen MR) is 93.4 cm³/mol. The monoisotopic (exact) mass is 325 g/mol. The molecule has 2 aliphatic heterocycles. The lowest BCUT2D eigenvalue weighted by molar-refractivity contribution is 0.210. The Labute approximate surface area is 142 Å². The van der Waals surface area contributed by atoms with Crippen molar-refractivity contribution < 1.29 is 4.79 Å². The van der Waals surface area contributed by atoms with Crippen LogP contribution in [-0.2, 0) is 0 Å². The lowest BCUT2D eigenvalue weighted by Gasteiger charge is -2.23. The third-order valence-corrected chi connectivity index (χ3v) is 4.96. The molecule has 0 radical (unpaired) electrons. The zero-order chi connectivity index (χ0) is 16.4. The third-order valence-electron chi connectivity index (χ3n) is 4.96. The summed E-state index contributed by atoms with van der Waals surface area (Å²) in [4.78, 5) is 16.9. The van der Waals surface area contributed by atoms with E-state index in [1.807, 2.05) is 41.4 Å². The van der Waals surface area contributed by atoms with Gasteiger partial charge in [0, 0.05) is 19.1 Å². The fraction of sp³-hybridized carbons (Fsp3) is 0.444. The van der Waals surface area contributed by atoms with Crippen LogP contribution in [0.1, 0.15) is 19.3 Å². The summed E-state index contributed by atoms with van der Waals surface area (Å²) < 4.78 is 1.77.